The molecule has 0 aliphatic carbocycles. The lowest BCUT2D eigenvalue weighted by Gasteiger charge is -2.27. The number of alkyl halides is 2. The van der Waals surface area contributed by atoms with Gasteiger partial charge >= 0.3 is 12.7 Å². The predicted octanol–water partition coefficient (Wildman–Crippen LogP) is 4.25. The Morgan fingerprint density at radius 1 is 1.18 bits per heavy atom. The van der Waals surface area contributed by atoms with Gasteiger partial charge in [0.05, 0.1) is 13.7 Å². The van der Waals surface area contributed by atoms with E-state index in [9.17, 15) is 18.4 Å². The SMILES string of the molecule is COc1ccc(C(=O)NCCCN(Cc2cccnc2)C(=O)OC(C)(C)C)cc1OC(F)F. The van der Waals surface area contributed by atoms with E-state index in [0.29, 0.717) is 19.5 Å². The summed E-state index contributed by atoms with van der Waals surface area (Å²) in [5.41, 5.74) is 0.341. The molecule has 10 heteroatoms. The van der Waals surface area contributed by atoms with E-state index in [4.69, 9.17) is 9.47 Å². The van der Waals surface area contributed by atoms with Gasteiger partial charge in [0.15, 0.2) is 11.5 Å². The molecule has 1 aromatic heterocycles. The summed E-state index contributed by atoms with van der Waals surface area (Å²) in [6.07, 6.45) is 3.29. The van der Waals surface area contributed by atoms with Crippen LogP contribution in [0.3, 0.4) is 0 Å². The second-order valence-electron chi connectivity index (χ2n) is 8.12. The van der Waals surface area contributed by atoms with E-state index in [1.54, 1.807) is 39.2 Å². The van der Waals surface area contributed by atoms with Crippen LogP contribution in [0.25, 0.3) is 0 Å². The normalized spacial score (nSPS) is 11.1. The summed E-state index contributed by atoms with van der Waals surface area (Å²) in [4.78, 5) is 30.6. The number of aromatic nitrogens is 1. The fraction of sp³-hybridized carbons (Fsp3) is 0.435. The average Bonchev–Trinajstić information content (AvgIpc) is 2.74. The number of amides is 2. The number of pyridine rings is 1. The van der Waals surface area contributed by atoms with E-state index in [2.05, 4.69) is 15.0 Å². The highest BCUT2D eigenvalue weighted by atomic mass is 19.3. The maximum absolute atomic E-state index is 12.6. The van der Waals surface area contributed by atoms with Crippen molar-refractivity contribution in [1.29, 1.82) is 0 Å². The smallest absolute Gasteiger partial charge is 0.410 e. The van der Waals surface area contributed by atoms with Gasteiger partial charge in [0.25, 0.3) is 5.91 Å². The Balaban J connectivity index is 1.96. The van der Waals surface area contributed by atoms with Crippen molar-refractivity contribution in [3.63, 3.8) is 0 Å². The molecule has 0 fully saturated rings. The van der Waals surface area contributed by atoms with Gasteiger partial charge in [0.2, 0.25) is 0 Å². The van der Waals surface area contributed by atoms with Crippen LogP contribution in [0.2, 0.25) is 0 Å². The summed E-state index contributed by atoms with van der Waals surface area (Å²) < 4.78 is 40.0. The zero-order chi connectivity index (χ0) is 24.4. The molecule has 0 spiro atoms. The van der Waals surface area contributed by atoms with Crippen molar-refractivity contribution in [2.75, 3.05) is 20.2 Å². The van der Waals surface area contributed by atoms with Gasteiger partial charge in [-0.05, 0) is 57.0 Å². The zero-order valence-electron chi connectivity index (χ0n) is 19.1. The molecule has 0 aliphatic heterocycles. The number of benzene rings is 1. The van der Waals surface area contributed by atoms with Gasteiger partial charge in [-0.3, -0.25) is 9.78 Å². The summed E-state index contributed by atoms with van der Waals surface area (Å²) in [6.45, 7) is 3.20. The van der Waals surface area contributed by atoms with E-state index in [-0.39, 0.29) is 23.6 Å². The van der Waals surface area contributed by atoms with Gasteiger partial charge in [-0.25, -0.2) is 4.79 Å². The molecule has 1 aromatic carbocycles. The van der Waals surface area contributed by atoms with Crippen molar-refractivity contribution in [3.8, 4) is 11.5 Å². The third-order valence-corrected chi connectivity index (χ3v) is 4.28. The molecule has 2 aromatic rings. The molecule has 8 nitrogen and oxygen atoms in total. The van der Waals surface area contributed by atoms with E-state index in [1.807, 2.05) is 6.07 Å². The Hall–Kier alpha value is -3.43. The molecule has 1 heterocycles. The number of halogens is 2. The Morgan fingerprint density at radius 2 is 1.94 bits per heavy atom. The first-order valence-corrected chi connectivity index (χ1v) is 10.4. The zero-order valence-corrected chi connectivity index (χ0v) is 19.1. The van der Waals surface area contributed by atoms with Gasteiger partial charge < -0.3 is 24.4 Å². The number of carbonyl (C=O) groups excluding carboxylic acids is 2. The molecule has 2 amide bonds. The minimum atomic E-state index is -3.05. The highest BCUT2D eigenvalue weighted by Crippen LogP contribution is 2.29. The van der Waals surface area contributed by atoms with Crippen molar-refractivity contribution < 1.29 is 32.6 Å². The topological polar surface area (TPSA) is 90.0 Å². The highest BCUT2D eigenvalue weighted by molar-refractivity contribution is 5.94. The Morgan fingerprint density at radius 3 is 2.55 bits per heavy atom. The lowest BCUT2D eigenvalue weighted by molar-refractivity contribution is -0.0512. The number of nitrogens with zero attached hydrogens (tertiary/aromatic N) is 2. The first-order valence-electron chi connectivity index (χ1n) is 10.4. The van der Waals surface area contributed by atoms with E-state index in [1.165, 1.54) is 30.2 Å². The van der Waals surface area contributed by atoms with E-state index < -0.39 is 24.2 Å². The number of ether oxygens (including phenoxy) is 3. The maximum Gasteiger partial charge on any atom is 0.410 e. The van der Waals surface area contributed by atoms with E-state index in [0.717, 1.165) is 5.56 Å². The molecule has 0 aliphatic rings. The summed E-state index contributed by atoms with van der Waals surface area (Å²) in [5, 5.41) is 2.71. The molecule has 0 saturated heterocycles. The number of hydrogen-bond acceptors (Lipinski definition) is 6. The second-order valence-corrected chi connectivity index (χ2v) is 8.12. The fourth-order valence-corrected chi connectivity index (χ4v) is 2.85. The molecule has 0 unspecified atom stereocenters. The van der Waals surface area contributed by atoms with Gasteiger partial charge in [-0.1, -0.05) is 6.07 Å². The minimum Gasteiger partial charge on any atom is -0.493 e. The average molecular weight is 465 g/mol. The minimum absolute atomic E-state index is 0.0928. The molecule has 2 rings (SSSR count). The first kappa shape index (κ1) is 25.8. The van der Waals surface area contributed by atoms with Crippen LogP contribution in [0.1, 0.15) is 43.1 Å². The molecule has 0 radical (unpaired) electrons. The lowest BCUT2D eigenvalue weighted by atomic mass is 10.2. The van der Waals surface area contributed by atoms with Crippen molar-refractivity contribution in [2.45, 2.75) is 45.9 Å². The Kier molecular flexibility index (Phi) is 9.38. The van der Waals surface area contributed by atoms with Crippen LogP contribution in [0.15, 0.2) is 42.7 Å². The van der Waals surface area contributed by atoms with E-state index >= 15 is 0 Å². The Labute approximate surface area is 191 Å². The predicted molar refractivity (Wildman–Crippen MR) is 117 cm³/mol. The summed E-state index contributed by atoms with van der Waals surface area (Å²) in [6, 6.07) is 7.65. The van der Waals surface area contributed by atoms with Gasteiger partial charge in [-0.2, -0.15) is 8.78 Å². The van der Waals surface area contributed by atoms with Crippen molar-refractivity contribution in [1.82, 2.24) is 15.2 Å². The lowest BCUT2D eigenvalue weighted by Crippen LogP contribution is -2.38. The van der Waals surface area contributed by atoms with Gasteiger partial charge in [0, 0.05) is 31.0 Å². The van der Waals surface area contributed by atoms with Gasteiger partial charge in [-0.15, -0.1) is 0 Å². The number of nitrogens with one attached hydrogen (secondary N) is 1. The number of carbonyl (C=O) groups is 2. The van der Waals surface area contributed by atoms with Crippen molar-refractivity contribution >= 4 is 12.0 Å². The van der Waals surface area contributed by atoms with Crippen LogP contribution in [-0.2, 0) is 11.3 Å². The molecule has 0 bridgehead atoms. The van der Waals surface area contributed by atoms with Crippen LogP contribution in [0.4, 0.5) is 13.6 Å². The standard InChI is InChI=1S/C23H29F2N3O5/c1-23(2,3)33-22(30)28(15-16-7-5-10-26-14-16)12-6-11-27-20(29)17-8-9-18(31-4)19(13-17)32-21(24)25/h5,7-10,13-14,21H,6,11-12,15H2,1-4H3,(H,27,29). The van der Waals surface area contributed by atoms with Crippen LogP contribution >= 0.6 is 0 Å². The summed E-state index contributed by atoms with van der Waals surface area (Å²) >= 11 is 0. The highest BCUT2D eigenvalue weighted by Gasteiger charge is 2.22. The monoisotopic (exact) mass is 465 g/mol. The number of methoxy groups -OCH3 is 1. The third kappa shape index (κ3) is 8.91. The first-order chi connectivity index (χ1) is 15.6. The molecule has 0 saturated carbocycles. The van der Waals surface area contributed by atoms with Crippen LogP contribution in [-0.4, -0.2) is 54.3 Å². The van der Waals surface area contributed by atoms with Crippen LogP contribution in [0, 0.1) is 0 Å². The molecule has 0 atom stereocenters. The second kappa shape index (κ2) is 12.0. The molecule has 1 N–H and O–H groups in total. The number of hydrogen-bond donors (Lipinski definition) is 1. The summed E-state index contributed by atoms with van der Waals surface area (Å²) in [5.74, 6) is -0.601. The third-order valence-electron chi connectivity index (χ3n) is 4.28. The fourth-order valence-electron chi connectivity index (χ4n) is 2.85. The quantitative estimate of drug-likeness (QED) is 0.528. The molecular weight excluding hydrogens is 436 g/mol. The Bertz CT molecular complexity index is 920. The summed E-state index contributed by atoms with van der Waals surface area (Å²) in [7, 11) is 1.31. The molecule has 180 valence electrons. The van der Waals surface area contributed by atoms with Crippen molar-refractivity contribution in [3.05, 3.63) is 53.9 Å². The van der Waals surface area contributed by atoms with Crippen LogP contribution in [0.5, 0.6) is 11.5 Å². The van der Waals surface area contributed by atoms with Crippen molar-refractivity contribution in [2.24, 2.45) is 0 Å². The maximum atomic E-state index is 12.6. The largest absolute Gasteiger partial charge is 0.493 e. The number of rotatable bonds is 10. The molecule has 33 heavy (non-hydrogen) atoms. The van der Waals surface area contributed by atoms with Gasteiger partial charge in [0.1, 0.15) is 5.60 Å². The molecular formula is C23H29F2N3O5. The van der Waals surface area contributed by atoms with Crippen LogP contribution < -0.4 is 14.8 Å².